The van der Waals surface area contributed by atoms with Crippen molar-refractivity contribution in [3.8, 4) is 0 Å². The van der Waals surface area contributed by atoms with Gasteiger partial charge < -0.3 is 0 Å². The molecule has 50 valence electrons. The Morgan fingerprint density at radius 2 is 2.11 bits per heavy atom. The van der Waals surface area contributed by atoms with Crippen molar-refractivity contribution in [3.05, 3.63) is 12.2 Å². The molecule has 2 bridgehead atoms. The van der Waals surface area contributed by atoms with Crippen LogP contribution in [0.15, 0.2) is 12.2 Å². The lowest BCUT2D eigenvalue weighted by molar-refractivity contribution is 0.238. The molecule has 3 unspecified atom stereocenters. The lowest BCUT2D eigenvalue weighted by atomic mass is 9.70. The highest BCUT2D eigenvalue weighted by Gasteiger charge is 2.28. The number of rotatable bonds is 0. The summed E-state index contributed by atoms with van der Waals surface area (Å²) < 4.78 is 0. The number of fused-ring (bicyclic) bond motifs is 2. The maximum Gasteiger partial charge on any atom is -0.0207 e. The van der Waals surface area contributed by atoms with Gasteiger partial charge in [-0.15, -0.1) is 0 Å². The van der Waals surface area contributed by atoms with Crippen molar-refractivity contribution >= 4 is 0 Å². The van der Waals surface area contributed by atoms with Gasteiger partial charge in [0.25, 0.3) is 0 Å². The maximum absolute atomic E-state index is 2.43. The van der Waals surface area contributed by atoms with Gasteiger partial charge >= 0.3 is 0 Å². The summed E-state index contributed by atoms with van der Waals surface area (Å²) >= 11 is 0. The van der Waals surface area contributed by atoms with E-state index in [4.69, 9.17) is 0 Å². The largest absolute Gasteiger partial charge is 0.0851 e. The highest BCUT2D eigenvalue weighted by molar-refractivity contribution is 5.04. The fraction of sp³-hybridized carbons (Fsp3) is 0.778. The monoisotopic (exact) mass is 122 g/mol. The van der Waals surface area contributed by atoms with Gasteiger partial charge in [-0.2, -0.15) is 0 Å². The van der Waals surface area contributed by atoms with Crippen molar-refractivity contribution in [3.63, 3.8) is 0 Å². The molecule has 0 saturated heterocycles. The summed E-state index contributed by atoms with van der Waals surface area (Å²) in [6.07, 6.45) is 9.24. The zero-order valence-corrected chi connectivity index (χ0v) is 6.01. The van der Waals surface area contributed by atoms with Crippen LogP contribution in [0.5, 0.6) is 0 Å². The van der Waals surface area contributed by atoms with Crippen LogP contribution in [0.1, 0.15) is 26.2 Å². The second-order valence-corrected chi connectivity index (χ2v) is 3.60. The third-order valence-electron chi connectivity index (χ3n) is 2.91. The molecule has 0 aromatic heterocycles. The van der Waals surface area contributed by atoms with Gasteiger partial charge in [-0.25, -0.2) is 0 Å². The molecule has 3 aliphatic carbocycles. The van der Waals surface area contributed by atoms with Crippen molar-refractivity contribution in [2.45, 2.75) is 26.2 Å². The number of hydrogen-bond acceptors (Lipinski definition) is 0. The van der Waals surface area contributed by atoms with E-state index in [2.05, 4.69) is 19.1 Å². The molecule has 3 aliphatic rings. The van der Waals surface area contributed by atoms with Gasteiger partial charge in [-0.1, -0.05) is 19.1 Å². The molecule has 0 aliphatic heterocycles. The number of hydrogen-bond donors (Lipinski definition) is 0. The first-order valence-corrected chi connectivity index (χ1v) is 4.04. The van der Waals surface area contributed by atoms with E-state index in [1.54, 1.807) is 0 Å². The predicted molar refractivity (Wildman–Crippen MR) is 39.1 cm³/mol. The van der Waals surface area contributed by atoms with Crippen LogP contribution >= 0.6 is 0 Å². The van der Waals surface area contributed by atoms with Crippen LogP contribution in [0.25, 0.3) is 0 Å². The summed E-state index contributed by atoms with van der Waals surface area (Å²) in [5.41, 5.74) is 0. The summed E-state index contributed by atoms with van der Waals surface area (Å²) in [7, 11) is 0. The Balaban J connectivity index is 2.20. The van der Waals surface area contributed by atoms with Crippen LogP contribution in [0, 0.1) is 17.8 Å². The van der Waals surface area contributed by atoms with E-state index in [9.17, 15) is 0 Å². The average molecular weight is 122 g/mol. The predicted octanol–water partition coefficient (Wildman–Crippen LogP) is 2.61. The molecule has 0 N–H and O–H groups in total. The van der Waals surface area contributed by atoms with Crippen LogP contribution in [-0.2, 0) is 0 Å². The lowest BCUT2D eigenvalue weighted by Gasteiger charge is -2.35. The highest BCUT2D eigenvalue weighted by Crippen LogP contribution is 2.39. The summed E-state index contributed by atoms with van der Waals surface area (Å²) in [4.78, 5) is 0. The molecule has 3 rings (SSSR count). The summed E-state index contributed by atoms with van der Waals surface area (Å²) in [6.45, 7) is 2.39. The summed E-state index contributed by atoms with van der Waals surface area (Å²) in [5.74, 6) is 2.87. The first-order valence-electron chi connectivity index (χ1n) is 4.04. The van der Waals surface area contributed by atoms with E-state index in [1.165, 1.54) is 19.3 Å². The van der Waals surface area contributed by atoms with E-state index in [0.29, 0.717) is 0 Å². The van der Waals surface area contributed by atoms with Gasteiger partial charge in [0, 0.05) is 0 Å². The molecule has 0 aromatic carbocycles. The first-order chi connectivity index (χ1) is 4.36. The molecule has 1 saturated carbocycles. The van der Waals surface area contributed by atoms with E-state index in [-0.39, 0.29) is 0 Å². The smallest absolute Gasteiger partial charge is 0.0207 e. The Morgan fingerprint density at radius 3 is 2.33 bits per heavy atom. The molecule has 1 fully saturated rings. The standard InChI is InChI=1S/C9H14/c1-7-6-8-2-4-9(7)5-3-8/h2,4,7-9H,3,5-6H2,1H3. The van der Waals surface area contributed by atoms with E-state index in [1.807, 2.05) is 0 Å². The fourth-order valence-corrected chi connectivity index (χ4v) is 2.22. The first kappa shape index (κ1) is 5.52. The highest BCUT2D eigenvalue weighted by atomic mass is 14.3. The maximum atomic E-state index is 2.43. The van der Waals surface area contributed by atoms with Crippen molar-refractivity contribution in [2.75, 3.05) is 0 Å². The molecular formula is C9H14. The SMILES string of the molecule is CC1CC2C=CC1CC2. The van der Waals surface area contributed by atoms with Crippen LogP contribution in [0.2, 0.25) is 0 Å². The molecule has 0 nitrogen and oxygen atoms in total. The van der Waals surface area contributed by atoms with Crippen molar-refractivity contribution < 1.29 is 0 Å². The quantitative estimate of drug-likeness (QED) is 0.433. The lowest BCUT2D eigenvalue weighted by Crippen LogP contribution is -2.24. The van der Waals surface area contributed by atoms with Gasteiger partial charge in [0.1, 0.15) is 0 Å². The molecule has 0 heteroatoms. The Kier molecular flexibility index (Phi) is 1.14. The Bertz CT molecular complexity index is 135. The fourth-order valence-electron chi connectivity index (χ4n) is 2.22. The van der Waals surface area contributed by atoms with Crippen LogP contribution < -0.4 is 0 Å². The van der Waals surface area contributed by atoms with Crippen LogP contribution in [0.3, 0.4) is 0 Å². The summed E-state index contributed by atoms with van der Waals surface area (Å²) in [6, 6.07) is 0. The normalized spacial score (nSPS) is 47.9. The Labute approximate surface area is 57.0 Å². The third-order valence-corrected chi connectivity index (χ3v) is 2.91. The minimum Gasteiger partial charge on any atom is -0.0851 e. The van der Waals surface area contributed by atoms with Gasteiger partial charge in [0.2, 0.25) is 0 Å². The van der Waals surface area contributed by atoms with Gasteiger partial charge in [-0.3, -0.25) is 0 Å². The van der Waals surface area contributed by atoms with Gasteiger partial charge in [0.15, 0.2) is 0 Å². The Morgan fingerprint density at radius 1 is 1.22 bits per heavy atom. The summed E-state index contributed by atoms with van der Waals surface area (Å²) in [5, 5.41) is 0. The minimum atomic E-state index is 0.940. The molecule has 3 atom stereocenters. The van der Waals surface area contributed by atoms with Crippen LogP contribution in [0.4, 0.5) is 0 Å². The van der Waals surface area contributed by atoms with E-state index < -0.39 is 0 Å². The minimum absolute atomic E-state index is 0.940. The molecule has 0 aromatic rings. The molecule has 9 heavy (non-hydrogen) atoms. The van der Waals surface area contributed by atoms with Gasteiger partial charge in [-0.05, 0) is 37.0 Å². The number of allylic oxidation sites excluding steroid dienone is 2. The van der Waals surface area contributed by atoms with Crippen molar-refractivity contribution in [1.82, 2.24) is 0 Å². The topological polar surface area (TPSA) is 0 Å². The molecule has 0 heterocycles. The third kappa shape index (κ3) is 0.810. The van der Waals surface area contributed by atoms with Crippen molar-refractivity contribution in [2.24, 2.45) is 17.8 Å². The second kappa shape index (κ2) is 1.86. The Hall–Kier alpha value is -0.260. The average Bonchev–Trinajstić information content (AvgIpc) is 1.90. The van der Waals surface area contributed by atoms with Gasteiger partial charge in [0.05, 0.1) is 0 Å². The van der Waals surface area contributed by atoms with E-state index in [0.717, 1.165) is 17.8 Å². The van der Waals surface area contributed by atoms with Crippen LogP contribution in [-0.4, -0.2) is 0 Å². The van der Waals surface area contributed by atoms with Crippen molar-refractivity contribution in [1.29, 1.82) is 0 Å². The molecular weight excluding hydrogens is 108 g/mol. The molecule has 0 spiro atoms. The molecule has 0 amide bonds. The van der Waals surface area contributed by atoms with E-state index >= 15 is 0 Å². The zero-order valence-electron chi connectivity index (χ0n) is 6.01. The molecule has 0 radical (unpaired) electrons. The zero-order chi connectivity index (χ0) is 6.27. The second-order valence-electron chi connectivity index (χ2n) is 3.60.